The lowest BCUT2D eigenvalue weighted by atomic mass is 10.1. The molecule has 2 aromatic carbocycles. The van der Waals surface area contributed by atoms with E-state index in [2.05, 4.69) is 17.5 Å². The number of benzene rings is 2. The molecule has 0 spiro atoms. The van der Waals surface area contributed by atoms with Crippen molar-refractivity contribution >= 4 is 40.2 Å². The first kappa shape index (κ1) is 14.6. The number of thiocarbonyl (C=S) groups is 1. The molecule has 0 heterocycles. The second-order valence-corrected chi connectivity index (χ2v) is 4.73. The van der Waals surface area contributed by atoms with E-state index < -0.39 is 17.5 Å². The van der Waals surface area contributed by atoms with Crippen LogP contribution >= 0.6 is 23.8 Å². The largest absolute Gasteiger partial charge is 0.389 e. The smallest absolute Gasteiger partial charge is 0.182 e. The molecule has 0 atom stereocenters. The van der Waals surface area contributed by atoms with Gasteiger partial charge in [0, 0.05) is 5.56 Å². The Kier molecular flexibility index (Phi) is 4.15. The lowest BCUT2D eigenvalue weighted by Crippen LogP contribution is -2.13. The highest BCUT2D eigenvalue weighted by Gasteiger charge is 2.16. The summed E-state index contributed by atoms with van der Waals surface area (Å²) in [5.74, 6) is -3.15. The first-order valence-corrected chi connectivity index (χ1v) is 6.19. The van der Waals surface area contributed by atoms with Crippen LogP contribution in [0.4, 0.5) is 24.5 Å². The van der Waals surface area contributed by atoms with Crippen LogP contribution < -0.4 is 11.1 Å². The van der Waals surface area contributed by atoms with E-state index >= 15 is 0 Å². The van der Waals surface area contributed by atoms with Gasteiger partial charge >= 0.3 is 0 Å². The van der Waals surface area contributed by atoms with Crippen molar-refractivity contribution in [3.63, 3.8) is 0 Å². The second-order valence-electron chi connectivity index (χ2n) is 3.88. The molecule has 0 aliphatic carbocycles. The second kappa shape index (κ2) is 5.68. The van der Waals surface area contributed by atoms with Crippen molar-refractivity contribution in [2.24, 2.45) is 5.73 Å². The molecule has 2 rings (SSSR count). The summed E-state index contributed by atoms with van der Waals surface area (Å²) in [6.07, 6.45) is 0. The SMILES string of the molecule is NC(=S)c1ccc(Nc2cccc(Cl)c2F)c(F)c1F. The summed E-state index contributed by atoms with van der Waals surface area (Å²) in [6, 6.07) is 6.60. The topological polar surface area (TPSA) is 38.0 Å². The Morgan fingerprint density at radius 2 is 1.65 bits per heavy atom. The molecule has 2 nitrogen and oxygen atoms in total. The van der Waals surface area contributed by atoms with Crippen molar-refractivity contribution in [1.82, 2.24) is 0 Å². The van der Waals surface area contributed by atoms with Crippen LogP contribution in [0.3, 0.4) is 0 Å². The summed E-state index contributed by atoms with van der Waals surface area (Å²) in [5, 5.41) is 2.30. The third kappa shape index (κ3) is 2.71. The summed E-state index contributed by atoms with van der Waals surface area (Å²) in [5.41, 5.74) is 4.73. The molecule has 0 amide bonds. The van der Waals surface area contributed by atoms with E-state index in [9.17, 15) is 13.2 Å². The molecule has 0 unspecified atom stereocenters. The molecule has 0 aromatic heterocycles. The van der Waals surface area contributed by atoms with Crippen molar-refractivity contribution in [2.45, 2.75) is 0 Å². The van der Waals surface area contributed by atoms with Crippen molar-refractivity contribution in [1.29, 1.82) is 0 Å². The monoisotopic (exact) mass is 316 g/mol. The van der Waals surface area contributed by atoms with E-state index in [-0.39, 0.29) is 26.9 Å². The summed E-state index contributed by atoms with van der Waals surface area (Å²) >= 11 is 10.2. The summed E-state index contributed by atoms with van der Waals surface area (Å²) in [4.78, 5) is -0.262. The predicted molar refractivity (Wildman–Crippen MR) is 76.9 cm³/mol. The Morgan fingerprint density at radius 3 is 2.30 bits per heavy atom. The fraction of sp³-hybridized carbons (Fsp3) is 0. The molecule has 0 saturated carbocycles. The third-order valence-corrected chi connectivity index (χ3v) is 3.08. The Morgan fingerprint density at radius 1 is 1.00 bits per heavy atom. The fourth-order valence-corrected chi connectivity index (χ4v) is 1.91. The third-order valence-electron chi connectivity index (χ3n) is 2.57. The molecule has 7 heteroatoms. The van der Waals surface area contributed by atoms with Crippen LogP contribution in [0.25, 0.3) is 0 Å². The zero-order valence-electron chi connectivity index (χ0n) is 9.88. The molecule has 0 aliphatic rings. The van der Waals surface area contributed by atoms with E-state index in [1.54, 1.807) is 0 Å². The van der Waals surface area contributed by atoms with E-state index in [1.165, 1.54) is 30.3 Å². The normalized spacial score (nSPS) is 10.4. The van der Waals surface area contributed by atoms with Crippen LogP contribution in [0.2, 0.25) is 5.02 Å². The highest BCUT2D eigenvalue weighted by atomic mass is 35.5. The molecule has 0 radical (unpaired) electrons. The van der Waals surface area contributed by atoms with Gasteiger partial charge in [0.1, 0.15) is 4.99 Å². The van der Waals surface area contributed by atoms with Gasteiger partial charge in [0.2, 0.25) is 0 Å². The summed E-state index contributed by atoms with van der Waals surface area (Å²) < 4.78 is 41.2. The number of halogens is 4. The van der Waals surface area contributed by atoms with Gasteiger partial charge in [0.25, 0.3) is 0 Å². The molecule has 0 bridgehead atoms. The van der Waals surface area contributed by atoms with Gasteiger partial charge in [-0.25, -0.2) is 13.2 Å². The molecule has 104 valence electrons. The summed E-state index contributed by atoms with van der Waals surface area (Å²) in [7, 11) is 0. The van der Waals surface area contributed by atoms with Gasteiger partial charge in [-0.1, -0.05) is 29.9 Å². The van der Waals surface area contributed by atoms with Crippen LogP contribution in [0, 0.1) is 17.5 Å². The molecular weight excluding hydrogens is 309 g/mol. The number of nitrogens with two attached hydrogens (primary N) is 1. The van der Waals surface area contributed by atoms with Crippen LogP contribution in [0.5, 0.6) is 0 Å². The van der Waals surface area contributed by atoms with Crippen molar-refractivity contribution in [2.75, 3.05) is 5.32 Å². The number of hydrogen-bond donors (Lipinski definition) is 2. The van der Waals surface area contributed by atoms with Crippen LogP contribution in [0.1, 0.15) is 5.56 Å². The van der Waals surface area contributed by atoms with Crippen LogP contribution in [-0.4, -0.2) is 4.99 Å². The molecule has 20 heavy (non-hydrogen) atoms. The van der Waals surface area contributed by atoms with Gasteiger partial charge in [0.05, 0.1) is 16.4 Å². The van der Waals surface area contributed by atoms with Gasteiger partial charge < -0.3 is 11.1 Å². The number of rotatable bonds is 3. The Balaban J connectivity index is 2.42. The van der Waals surface area contributed by atoms with Crippen LogP contribution in [0.15, 0.2) is 30.3 Å². The molecule has 2 aromatic rings. The van der Waals surface area contributed by atoms with E-state index in [0.717, 1.165) is 0 Å². The maximum atomic E-state index is 13.8. The lowest BCUT2D eigenvalue weighted by molar-refractivity contribution is 0.510. The minimum atomic E-state index is -1.20. The van der Waals surface area contributed by atoms with Crippen LogP contribution in [-0.2, 0) is 0 Å². The highest BCUT2D eigenvalue weighted by Crippen LogP contribution is 2.28. The molecule has 0 fully saturated rings. The Bertz CT molecular complexity index is 692. The Labute approximate surface area is 123 Å². The van der Waals surface area contributed by atoms with Gasteiger partial charge in [-0.3, -0.25) is 0 Å². The average Bonchev–Trinajstić information content (AvgIpc) is 2.40. The van der Waals surface area contributed by atoms with E-state index in [4.69, 9.17) is 17.3 Å². The van der Waals surface area contributed by atoms with Gasteiger partial charge in [0.15, 0.2) is 17.5 Å². The first-order valence-electron chi connectivity index (χ1n) is 5.40. The minimum Gasteiger partial charge on any atom is -0.389 e. The summed E-state index contributed by atoms with van der Waals surface area (Å²) in [6.45, 7) is 0. The highest BCUT2D eigenvalue weighted by molar-refractivity contribution is 7.80. The quantitative estimate of drug-likeness (QED) is 0.836. The molecule has 0 aliphatic heterocycles. The van der Waals surface area contributed by atoms with Crippen molar-refractivity contribution < 1.29 is 13.2 Å². The average molecular weight is 317 g/mol. The minimum absolute atomic E-state index is 0.0705. The number of anilines is 2. The maximum absolute atomic E-state index is 13.8. The van der Waals surface area contributed by atoms with Crippen molar-refractivity contribution in [3.05, 3.63) is 58.4 Å². The Hall–Kier alpha value is -1.79. The zero-order chi connectivity index (χ0) is 14.9. The van der Waals surface area contributed by atoms with Crippen molar-refractivity contribution in [3.8, 4) is 0 Å². The maximum Gasteiger partial charge on any atom is 0.182 e. The van der Waals surface area contributed by atoms with Gasteiger partial charge in [-0.15, -0.1) is 0 Å². The van der Waals surface area contributed by atoms with E-state index in [1.807, 2.05) is 0 Å². The standard InChI is InChI=1S/C13H8ClF3N2S/c14-7-2-1-3-8(11(7)16)19-9-5-4-6(13(18)20)10(15)12(9)17/h1-5,19H,(H2,18,20). The predicted octanol–water partition coefficient (Wildman–Crippen LogP) is 4.14. The number of nitrogens with one attached hydrogen (secondary N) is 1. The van der Waals surface area contributed by atoms with E-state index in [0.29, 0.717) is 0 Å². The zero-order valence-corrected chi connectivity index (χ0v) is 11.5. The van der Waals surface area contributed by atoms with Gasteiger partial charge in [-0.2, -0.15) is 0 Å². The lowest BCUT2D eigenvalue weighted by Gasteiger charge is -2.11. The van der Waals surface area contributed by atoms with Gasteiger partial charge in [-0.05, 0) is 24.3 Å². The first-order chi connectivity index (χ1) is 9.41. The molecule has 0 saturated heterocycles. The molecular formula is C13H8ClF3N2S. The molecule has 3 N–H and O–H groups in total. The number of hydrogen-bond acceptors (Lipinski definition) is 2. The fourth-order valence-electron chi connectivity index (χ4n) is 1.58.